The Kier molecular flexibility index (Phi) is 8.41. The Morgan fingerprint density at radius 3 is 2.56 bits per heavy atom. The molecule has 0 saturated carbocycles. The first kappa shape index (κ1) is 29.5. The largest absolute Gasteiger partial charge is 0.460 e. The second-order valence-electron chi connectivity index (χ2n) is 11.2. The van der Waals surface area contributed by atoms with E-state index in [1.54, 1.807) is 17.9 Å². The number of ether oxygens (including phenoxy) is 2. The minimum Gasteiger partial charge on any atom is -0.460 e. The van der Waals surface area contributed by atoms with Crippen LogP contribution in [-0.2, 0) is 28.7 Å². The Morgan fingerprint density at radius 2 is 1.85 bits per heavy atom. The second kappa shape index (κ2) is 11.7. The summed E-state index contributed by atoms with van der Waals surface area (Å²) in [6.45, 7) is 5.85. The number of allylic oxidation sites excluding steroid dienone is 1. The number of rotatable bonds is 4. The van der Waals surface area contributed by atoms with Crippen molar-refractivity contribution >= 4 is 45.3 Å². The molecular formula is C30H36BrN3O7. The van der Waals surface area contributed by atoms with Gasteiger partial charge in [0.1, 0.15) is 29.8 Å². The van der Waals surface area contributed by atoms with E-state index in [1.165, 1.54) is 4.90 Å². The van der Waals surface area contributed by atoms with Crippen LogP contribution in [0.3, 0.4) is 0 Å². The van der Waals surface area contributed by atoms with E-state index in [0.717, 1.165) is 16.8 Å². The van der Waals surface area contributed by atoms with E-state index in [-0.39, 0.29) is 56.8 Å². The fourth-order valence-electron chi connectivity index (χ4n) is 6.59. The number of anilines is 1. The fourth-order valence-corrected chi connectivity index (χ4v) is 7.33. The fraction of sp³-hybridized carbons (Fsp3) is 0.533. The molecule has 2 N–H and O–H groups in total. The summed E-state index contributed by atoms with van der Waals surface area (Å²) in [5.41, 5.74) is 1.12. The second-order valence-corrected chi connectivity index (χ2v) is 12.1. The van der Waals surface area contributed by atoms with Gasteiger partial charge in [-0.25, -0.2) is 0 Å². The summed E-state index contributed by atoms with van der Waals surface area (Å²) in [6, 6.07) is 4.72. The number of amides is 3. The molecule has 1 aromatic carbocycles. The van der Waals surface area contributed by atoms with Gasteiger partial charge in [-0.1, -0.05) is 46.3 Å². The molecule has 4 aliphatic heterocycles. The number of nitrogens with zero attached hydrogens (tertiary/aromatic N) is 2. The number of carbonyl (C=O) groups excluding carboxylic acids is 4. The third-order valence-corrected chi connectivity index (χ3v) is 9.04. The molecule has 0 unspecified atom stereocenters. The number of esters is 1. The lowest BCUT2D eigenvalue weighted by molar-refractivity contribution is -0.158. The van der Waals surface area contributed by atoms with Crippen LogP contribution in [-0.4, -0.2) is 83.8 Å². The molecule has 4 heterocycles. The Hall–Kier alpha value is -3.02. The third-order valence-electron chi connectivity index (χ3n) is 8.36. The topological polar surface area (TPSA) is 125 Å². The van der Waals surface area contributed by atoms with Gasteiger partial charge in [0.05, 0.1) is 12.5 Å². The molecule has 2 fully saturated rings. The van der Waals surface area contributed by atoms with E-state index in [2.05, 4.69) is 21.2 Å². The minimum absolute atomic E-state index is 0.129. The van der Waals surface area contributed by atoms with Crippen LogP contribution in [0.4, 0.5) is 5.69 Å². The average molecular weight is 631 g/mol. The van der Waals surface area contributed by atoms with Crippen LogP contribution >= 0.6 is 15.9 Å². The number of fused-ring (bicyclic) bond motifs is 2. The van der Waals surface area contributed by atoms with Gasteiger partial charge in [-0.05, 0) is 50.8 Å². The molecule has 3 amide bonds. The van der Waals surface area contributed by atoms with Crippen molar-refractivity contribution in [1.82, 2.24) is 10.2 Å². The molecule has 0 aromatic heterocycles. The van der Waals surface area contributed by atoms with Gasteiger partial charge in [-0.2, -0.15) is 0 Å². The van der Waals surface area contributed by atoms with Gasteiger partial charge >= 0.3 is 5.97 Å². The molecule has 2 saturated heterocycles. The molecule has 0 aliphatic carbocycles. The number of cyclic esters (lactones) is 1. The van der Waals surface area contributed by atoms with Crippen molar-refractivity contribution in [3.63, 3.8) is 0 Å². The van der Waals surface area contributed by atoms with Crippen molar-refractivity contribution in [3.8, 4) is 0 Å². The summed E-state index contributed by atoms with van der Waals surface area (Å²) >= 11 is 3.54. The van der Waals surface area contributed by atoms with Crippen molar-refractivity contribution in [3.05, 3.63) is 52.0 Å². The molecule has 10 nitrogen and oxygen atoms in total. The van der Waals surface area contributed by atoms with Gasteiger partial charge in [0.15, 0.2) is 0 Å². The quantitative estimate of drug-likeness (QED) is 0.387. The van der Waals surface area contributed by atoms with E-state index in [0.29, 0.717) is 10.9 Å². The number of aliphatic hydroxyl groups excluding tert-OH is 1. The minimum atomic E-state index is -1.39. The highest BCUT2D eigenvalue weighted by Gasteiger charge is 2.74. The number of benzene rings is 1. The molecule has 0 radical (unpaired) electrons. The van der Waals surface area contributed by atoms with E-state index >= 15 is 0 Å². The van der Waals surface area contributed by atoms with E-state index in [1.807, 2.05) is 44.2 Å². The molecule has 11 heteroatoms. The maximum Gasteiger partial charge on any atom is 0.313 e. The van der Waals surface area contributed by atoms with Crippen LogP contribution in [0.25, 0.3) is 0 Å². The number of halogens is 1. The molecule has 4 aliphatic rings. The van der Waals surface area contributed by atoms with Crippen molar-refractivity contribution < 1.29 is 33.8 Å². The third kappa shape index (κ3) is 5.12. The number of carbonyl (C=O) groups is 4. The first-order chi connectivity index (χ1) is 19.6. The first-order valence-corrected chi connectivity index (χ1v) is 14.9. The highest BCUT2D eigenvalue weighted by Crippen LogP contribution is 2.59. The Labute approximate surface area is 247 Å². The van der Waals surface area contributed by atoms with Crippen molar-refractivity contribution in [2.75, 3.05) is 31.1 Å². The molecule has 41 heavy (non-hydrogen) atoms. The Morgan fingerprint density at radius 1 is 1.12 bits per heavy atom. The maximum absolute atomic E-state index is 14.8. The van der Waals surface area contributed by atoms with Gasteiger partial charge in [0.2, 0.25) is 11.8 Å². The molecular weight excluding hydrogens is 594 g/mol. The lowest BCUT2D eigenvalue weighted by Gasteiger charge is -2.36. The number of hydrogen-bond donors (Lipinski definition) is 2. The number of likely N-dealkylation sites (tertiary alicyclic amines) is 1. The number of para-hydroxylation sites is 1. The average Bonchev–Trinajstić information content (AvgIpc) is 3.51. The van der Waals surface area contributed by atoms with Crippen LogP contribution < -0.4 is 10.2 Å². The monoisotopic (exact) mass is 629 g/mol. The zero-order valence-electron chi connectivity index (χ0n) is 23.5. The highest BCUT2D eigenvalue weighted by atomic mass is 79.9. The summed E-state index contributed by atoms with van der Waals surface area (Å²) in [6.07, 6.45) is 5.06. The molecule has 5 rings (SSSR count). The van der Waals surface area contributed by atoms with E-state index in [9.17, 15) is 24.3 Å². The number of aryl methyl sites for hydroxylation is 2. The van der Waals surface area contributed by atoms with Crippen LogP contribution in [0.1, 0.15) is 37.3 Å². The summed E-state index contributed by atoms with van der Waals surface area (Å²) < 4.78 is 12.8. The van der Waals surface area contributed by atoms with Crippen LogP contribution in [0.5, 0.6) is 0 Å². The maximum atomic E-state index is 14.8. The van der Waals surface area contributed by atoms with Gasteiger partial charge in [0.25, 0.3) is 5.91 Å². The SMILES string of the molecule is Cc1cccc(C)c1N1C/C=C\CCC(=O)NC[C@@H](C)OC(=O)[C@@H]2[C@H]3O[C@@]4(C=C3Br)[C@H](C1=O)N(CCCO)C(=O)[C@@H]24. The smallest absolute Gasteiger partial charge is 0.313 e. The molecule has 1 aromatic rings. The summed E-state index contributed by atoms with van der Waals surface area (Å²) in [7, 11) is 0. The van der Waals surface area contributed by atoms with E-state index in [4.69, 9.17) is 9.47 Å². The molecule has 1 spiro atoms. The summed E-state index contributed by atoms with van der Waals surface area (Å²) in [4.78, 5) is 58.0. The van der Waals surface area contributed by atoms with Gasteiger partial charge in [0, 0.05) is 36.3 Å². The summed E-state index contributed by atoms with van der Waals surface area (Å²) in [5, 5.41) is 12.4. The van der Waals surface area contributed by atoms with Crippen molar-refractivity contribution in [1.29, 1.82) is 0 Å². The van der Waals surface area contributed by atoms with Gasteiger partial charge < -0.3 is 29.7 Å². The predicted molar refractivity (Wildman–Crippen MR) is 154 cm³/mol. The van der Waals surface area contributed by atoms with E-state index < -0.39 is 41.7 Å². The highest BCUT2D eigenvalue weighted by molar-refractivity contribution is 9.11. The number of hydrogen-bond acceptors (Lipinski definition) is 7. The number of nitrogens with one attached hydrogen (secondary N) is 1. The Balaban J connectivity index is 1.64. The lowest BCUT2D eigenvalue weighted by atomic mass is 9.74. The first-order valence-electron chi connectivity index (χ1n) is 14.1. The number of aliphatic hydroxyl groups is 1. The zero-order chi connectivity index (χ0) is 29.5. The zero-order valence-corrected chi connectivity index (χ0v) is 25.1. The van der Waals surface area contributed by atoms with Crippen molar-refractivity contribution in [2.24, 2.45) is 11.8 Å². The summed E-state index contributed by atoms with van der Waals surface area (Å²) in [5.74, 6) is -3.46. The normalized spacial score (nSPS) is 33.0. The van der Waals surface area contributed by atoms with Gasteiger partial charge in [-0.15, -0.1) is 0 Å². The molecule has 6 atom stereocenters. The molecule has 5 bridgehead atoms. The lowest BCUT2D eigenvalue weighted by Crippen LogP contribution is -2.56. The van der Waals surface area contributed by atoms with Gasteiger partial charge in [-0.3, -0.25) is 19.2 Å². The van der Waals surface area contributed by atoms with Crippen LogP contribution in [0.2, 0.25) is 0 Å². The van der Waals surface area contributed by atoms with Crippen molar-refractivity contribution in [2.45, 2.75) is 63.9 Å². The van der Waals surface area contributed by atoms with Crippen LogP contribution in [0.15, 0.2) is 40.9 Å². The van der Waals surface area contributed by atoms with Crippen LogP contribution in [0, 0.1) is 25.7 Å². The standard InChI is InChI=1S/C30H36BrN3O7/c1-17-9-7-10-18(2)24(17)33-12-6-4-5-11-21(36)32-16-19(3)40-29(39)22-23-27(37)34(13-8-14-35)26(28(33)38)30(23)15-20(31)25(22)41-30/h4,6-7,9-10,15,19,22-23,25-26,35H,5,8,11-14,16H2,1-3H3,(H,32,36)/b6-4-/t19-,22+,23-,25+,26+,30-/m1/s1. The molecule has 220 valence electrons. The predicted octanol–water partition coefficient (Wildman–Crippen LogP) is 2.29. The Bertz CT molecular complexity index is 1290.